The van der Waals surface area contributed by atoms with Gasteiger partial charge in [-0.05, 0) is 39.8 Å². The maximum Gasteiger partial charge on any atom is 0.0153 e. The third kappa shape index (κ3) is 2.46. The Balaban J connectivity index is 0.000001000. The highest BCUT2D eigenvalue weighted by Crippen LogP contribution is 2.26. The van der Waals surface area contributed by atoms with Crippen molar-refractivity contribution in [2.75, 3.05) is 13.1 Å². The predicted octanol–water partition coefficient (Wildman–Crippen LogP) is 2.43. The lowest BCUT2D eigenvalue weighted by atomic mass is 9.91. The fourth-order valence-electron chi connectivity index (χ4n) is 1.91. The zero-order chi connectivity index (χ0) is 7.61. The Labute approximate surface area is 70.5 Å². The van der Waals surface area contributed by atoms with E-state index in [4.69, 9.17) is 0 Å². The van der Waals surface area contributed by atoms with E-state index in [1.807, 2.05) is 0 Å². The van der Waals surface area contributed by atoms with Gasteiger partial charge in [0.2, 0.25) is 0 Å². The molecular weight excluding hydrogens is 136 g/mol. The second kappa shape index (κ2) is 4.07. The van der Waals surface area contributed by atoms with Crippen LogP contribution >= 0.6 is 0 Å². The molecule has 2 heteroatoms. The Hall–Kier alpha value is -0.0800. The second-order valence-electron chi connectivity index (χ2n) is 3.85. The van der Waals surface area contributed by atoms with E-state index < -0.39 is 0 Å². The van der Waals surface area contributed by atoms with Crippen molar-refractivity contribution in [2.24, 2.45) is 0 Å². The van der Waals surface area contributed by atoms with Gasteiger partial charge >= 0.3 is 0 Å². The summed E-state index contributed by atoms with van der Waals surface area (Å²) in [6, 6.07) is 0. The minimum absolute atomic E-state index is 0. The molecule has 0 radical (unpaired) electrons. The Morgan fingerprint density at radius 2 is 1.91 bits per heavy atom. The van der Waals surface area contributed by atoms with Crippen molar-refractivity contribution in [3.8, 4) is 0 Å². The van der Waals surface area contributed by atoms with Crippen LogP contribution in [0.3, 0.4) is 0 Å². The van der Waals surface area contributed by atoms with Crippen LogP contribution in [0.1, 0.15) is 40.0 Å². The van der Waals surface area contributed by atoms with Crippen molar-refractivity contribution in [1.29, 1.82) is 0 Å². The predicted molar refractivity (Wildman–Crippen MR) is 50.2 cm³/mol. The molecule has 1 aliphatic rings. The Bertz CT molecular complexity index is 110. The molecule has 1 heterocycles. The smallest absolute Gasteiger partial charge is 0.0153 e. The molecule has 11 heavy (non-hydrogen) atoms. The van der Waals surface area contributed by atoms with Crippen LogP contribution in [0.25, 0.3) is 0 Å². The molecule has 1 aliphatic heterocycles. The van der Waals surface area contributed by atoms with Crippen molar-refractivity contribution < 1.29 is 0 Å². The molecule has 68 valence electrons. The normalized spacial score (nSPS) is 24.3. The van der Waals surface area contributed by atoms with Crippen molar-refractivity contribution in [3.05, 3.63) is 0 Å². The van der Waals surface area contributed by atoms with Crippen molar-refractivity contribution >= 4 is 0 Å². The summed E-state index contributed by atoms with van der Waals surface area (Å²) < 4.78 is 0. The molecule has 0 unspecified atom stereocenters. The number of likely N-dealkylation sites (tertiary alicyclic amines) is 1. The summed E-state index contributed by atoms with van der Waals surface area (Å²) in [7, 11) is 0. The summed E-state index contributed by atoms with van der Waals surface area (Å²) in [4.78, 5) is 2.58. The Morgan fingerprint density at radius 1 is 1.27 bits per heavy atom. The molecular formula is C9H22N2. The van der Waals surface area contributed by atoms with Crippen molar-refractivity contribution in [2.45, 2.75) is 45.6 Å². The molecule has 1 fully saturated rings. The highest BCUT2D eigenvalue weighted by Gasteiger charge is 2.27. The fraction of sp³-hybridized carbons (Fsp3) is 1.00. The van der Waals surface area contributed by atoms with E-state index in [9.17, 15) is 0 Å². The largest absolute Gasteiger partial charge is 0.344 e. The summed E-state index contributed by atoms with van der Waals surface area (Å²) in [6.45, 7) is 9.49. The van der Waals surface area contributed by atoms with E-state index in [-0.39, 0.29) is 6.15 Å². The molecule has 0 amide bonds. The molecule has 1 rings (SSSR count). The monoisotopic (exact) mass is 158 g/mol. The van der Waals surface area contributed by atoms with Crippen LogP contribution in [-0.4, -0.2) is 23.5 Å². The van der Waals surface area contributed by atoms with Crippen molar-refractivity contribution in [3.63, 3.8) is 0 Å². The molecule has 3 N–H and O–H groups in total. The average molecular weight is 158 g/mol. The fourth-order valence-corrected chi connectivity index (χ4v) is 1.91. The molecule has 1 saturated heterocycles. The number of hydrogen-bond donors (Lipinski definition) is 1. The lowest BCUT2D eigenvalue weighted by Gasteiger charge is -2.41. The van der Waals surface area contributed by atoms with Gasteiger partial charge in [0, 0.05) is 5.54 Å². The Kier molecular flexibility index (Phi) is 4.04. The van der Waals surface area contributed by atoms with Crippen LogP contribution < -0.4 is 6.15 Å². The van der Waals surface area contributed by atoms with Gasteiger partial charge in [0.05, 0.1) is 0 Å². The van der Waals surface area contributed by atoms with E-state index in [1.54, 1.807) is 0 Å². The van der Waals surface area contributed by atoms with E-state index >= 15 is 0 Å². The van der Waals surface area contributed by atoms with Crippen LogP contribution in [0.5, 0.6) is 0 Å². The van der Waals surface area contributed by atoms with Crippen LogP contribution in [0.15, 0.2) is 0 Å². The molecule has 0 spiro atoms. The van der Waals surface area contributed by atoms with Gasteiger partial charge in [0.1, 0.15) is 0 Å². The van der Waals surface area contributed by atoms with Gasteiger partial charge < -0.3 is 6.15 Å². The zero-order valence-corrected chi connectivity index (χ0v) is 8.19. The topological polar surface area (TPSA) is 38.2 Å². The molecule has 0 bridgehead atoms. The highest BCUT2D eigenvalue weighted by molar-refractivity contribution is 4.84. The SMILES string of the molecule is CCN1CCCCC1(C)C.N. The summed E-state index contributed by atoms with van der Waals surface area (Å²) >= 11 is 0. The highest BCUT2D eigenvalue weighted by atomic mass is 15.2. The lowest BCUT2D eigenvalue weighted by molar-refractivity contribution is 0.0834. The number of rotatable bonds is 1. The number of hydrogen-bond acceptors (Lipinski definition) is 2. The van der Waals surface area contributed by atoms with Gasteiger partial charge in [-0.15, -0.1) is 0 Å². The minimum atomic E-state index is 0. The first kappa shape index (κ1) is 10.9. The minimum Gasteiger partial charge on any atom is -0.344 e. The summed E-state index contributed by atoms with van der Waals surface area (Å²) in [5.74, 6) is 0. The van der Waals surface area contributed by atoms with Gasteiger partial charge in [-0.25, -0.2) is 0 Å². The first-order valence-electron chi connectivity index (χ1n) is 4.42. The summed E-state index contributed by atoms with van der Waals surface area (Å²) in [6.07, 6.45) is 4.20. The third-order valence-electron chi connectivity index (χ3n) is 2.70. The first-order chi connectivity index (χ1) is 4.67. The second-order valence-corrected chi connectivity index (χ2v) is 3.85. The van der Waals surface area contributed by atoms with E-state index in [0.29, 0.717) is 5.54 Å². The first-order valence-corrected chi connectivity index (χ1v) is 4.42. The number of nitrogens with zero attached hydrogens (tertiary/aromatic N) is 1. The summed E-state index contributed by atoms with van der Waals surface area (Å²) in [5.41, 5.74) is 0.479. The molecule has 0 aliphatic carbocycles. The van der Waals surface area contributed by atoms with Gasteiger partial charge in [0.25, 0.3) is 0 Å². The van der Waals surface area contributed by atoms with Crippen molar-refractivity contribution in [1.82, 2.24) is 11.1 Å². The van der Waals surface area contributed by atoms with Crippen LogP contribution in [0, 0.1) is 0 Å². The van der Waals surface area contributed by atoms with Gasteiger partial charge in [-0.1, -0.05) is 13.3 Å². The average Bonchev–Trinajstić information content (AvgIpc) is 1.87. The van der Waals surface area contributed by atoms with E-state index in [0.717, 1.165) is 0 Å². The van der Waals surface area contributed by atoms with E-state index in [2.05, 4.69) is 25.7 Å². The molecule has 0 aromatic heterocycles. The molecule has 2 nitrogen and oxygen atoms in total. The standard InChI is InChI=1S/C9H19N.H3N/c1-4-10-8-6-5-7-9(10,2)3;/h4-8H2,1-3H3;1H3. The van der Waals surface area contributed by atoms with Crippen LogP contribution in [0.4, 0.5) is 0 Å². The molecule has 0 atom stereocenters. The van der Waals surface area contributed by atoms with Crippen LogP contribution in [-0.2, 0) is 0 Å². The van der Waals surface area contributed by atoms with Gasteiger partial charge in [-0.3, -0.25) is 4.90 Å². The Morgan fingerprint density at radius 3 is 2.27 bits per heavy atom. The maximum atomic E-state index is 2.58. The molecule has 0 saturated carbocycles. The van der Waals surface area contributed by atoms with E-state index in [1.165, 1.54) is 32.4 Å². The summed E-state index contributed by atoms with van der Waals surface area (Å²) in [5, 5.41) is 0. The quantitative estimate of drug-likeness (QED) is 0.636. The van der Waals surface area contributed by atoms with Crippen LogP contribution in [0.2, 0.25) is 0 Å². The zero-order valence-electron chi connectivity index (χ0n) is 8.19. The number of piperidine rings is 1. The third-order valence-corrected chi connectivity index (χ3v) is 2.70. The maximum absolute atomic E-state index is 2.58. The van der Waals surface area contributed by atoms with Gasteiger partial charge in [-0.2, -0.15) is 0 Å². The lowest BCUT2D eigenvalue weighted by Crippen LogP contribution is -2.46. The van der Waals surface area contributed by atoms with Gasteiger partial charge in [0.15, 0.2) is 0 Å². The molecule has 0 aromatic carbocycles. The molecule has 0 aromatic rings.